The van der Waals surface area contributed by atoms with Gasteiger partial charge in [0.15, 0.2) is 6.29 Å². The molecule has 0 saturated heterocycles. The van der Waals surface area contributed by atoms with Crippen molar-refractivity contribution in [2.45, 2.75) is 26.1 Å². The Morgan fingerprint density at radius 1 is 1.20 bits per heavy atom. The maximum atomic E-state index is 4.97. The summed E-state index contributed by atoms with van der Waals surface area (Å²) in [5, 5.41) is 0. The van der Waals surface area contributed by atoms with E-state index < -0.39 is 0 Å². The fraction of sp³-hybridized carbons (Fsp3) is 0.750. The molecule has 0 amide bonds. The lowest BCUT2D eigenvalue weighted by atomic mass is 10.3. The summed E-state index contributed by atoms with van der Waals surface area (Å²) in [5.41, 5.74) is 0. The maximum Gasteiger partial charge on any atom is 0.160 e. The Bertz CT molecular complexity index is 85.3. The quantitative estimate of drug-likeness (QED) is 0.434. The van der Waals surface area contributed by atoms with E-state index in [0.29, 0.717) is 0 Å². The van der Waals surface area contributed by atoms with Gasteiger partial charge in [-0.2, -0.15) is 0 Å². The van der Waals surface area contributed by atoms with E-state index in [4.69, 9.17) is 9.47 Å². The van der Waals surface area contributed by atoms with E-state index in [1.54, 1.807) is 14.2 Å². The third-order valence-electron chi connectivity index (χ3n) is 1.26. The minimum absolute atomic E-state index is 0.0807. The van der Waals surface area contributed by atoms with Gasteiger partial charge in [0.05, 0.1) is 0 Å². The van der Waals surface area contributed by atoms with Crippen molar-refractivity contribution in [3.63, 3.8) is 0 Å². The fourth-order valence-corrected chi connectivity index (χ4v) is 0.663. The van der Waals surface area contributed by atoms with Gasteiger partial charge in [0.1, 0.15) is 0 Å². The average molecular weight is 144 g/mol. The Morgan fingerprint density at radius 3 is 2.20 bits per heavy atom. The number of ether oxygens (including phenoxy) is 2. The molecule has 0 aromatic heterocycles. The molecule has 0 spiro atoms. The van der Waals surface area contributed by atoms with Crippen LogP contribution in [-0.4, -0.2) is 20.5 Å². The zero-order chi connectivity index (χ0) is 7.82. The second kappa shape index (κ2) is 6.78. The lowest BCUT2D eigenvalue weighted by molar-refractivity contribution is -0.0986. The number of allylic oxidation sites excluding steroid dienone is 1. The molecule has 0 aliphatic heterocycles. The van der Waals surface area contributed by atoms with Gasteiger partial charge in [0.2, 0.25) is 0 Å². The van der Waals surface area contributed by atoms with Crippen molar-refractivity contribution in [3.05, 3.63) is 12.2 Å². The van der Waals surface area contributed by atoms with Crippen molar-refractivity contribution in [1.82, 2.24) is 0 Å². The monoisotopic (exact) mass is 144 g/mol. The molecule has 0 fully saturated rings. The fourth-order valence-electron chi connectivity index (χ4n) is 0.663. The SMILES string of the molecule is CC/C=C/CC(OC)OC. The molecular formula is C8H16O2. The summed E-state index contributed by atoms with van der Waals surface area (Å²) in [5.74, 6) is 0. The molecule has 0 aromatic rings. The van der Waals surface area contributed by atoms with Gasteiger partial charge < -0.3 is 9.47 Å². The molecule has 60 valence electrons. The zero-order valence-corrected chi connectivity index (χ0v) is 6.96. The standard InChI is InChI=1S/C8H16O2/c1-4-5-6-7-8(9-2)10-3/h5-6,8H,4,7H2,1-3H3/b6-5+. The Hall–Kier alpha value is -0.340. The predicted molar refractivity (Wildman–Crippen MR) is 41.9 cm³/mol. The largest absolute Gasteiger partial charge is 0.356 e. The Labute approximate surface area is 62.8 Å². The minimum atomic E-state index is -0.0807. The molecule has 0 aliphatic rings. The topological polar surface area (TPSA) is 18.5 Å². The normalized spacial score (nSPS) is 11.6. The molecule has 0 saturated carbocycles. The second-order valence-electron chi connectivity index (χ2n) is 2.02. The van der Waals surface area contributed by atoms with Gasteiger partial charge in [-0.25, -0.2) is 0 Å². The Morgan fingerprint density at radius 2 is 1.80 bits per heavy atom. The van der Waals surface area contributed by atoms with Crippen LogP contribution in [0, 0.1) is 0 Å². The Kier molecular flexibility index (Phi) is 6.55. The number of hydrogen-bond acceptors (Lipinski definition) is 2. The van der Waals surface area contributed by atoms with E-state index in [1.165, 1.54) is 0 Å². The van der Waals surface area contributed by atoms with Gasteiger partial charge in [0.25, 0.3) is 0 Å². The van der Waals surface area contributed by atoms with Gasteiger partial charge in [-0.3, -0.25) is 0 Å². The summed E-state index contributed by atoms with van der Waals surface area (Å²) >= 11 is 0. The Balaban J connectivity index is 3.34. The van der Waals surface area contributed by atoms with Gasteiger partial charge in [-0.1, -0.05) is 19.1 Å². The molecule has 0 aromatic carbocycles. The molecule has 0 radical (unpaired) electrons. The molecule has 0 heterocycles. The first-order valence-electron chi connectivity index (χ1n) is 3.55. The molecule has 2 nitrogen and oxygen atoms in total. The van der Waals surface area contributed by atoms with Crippen molar-refractivity contribution >= 4 is 0 Å². The molecule has 0 bridgehead atoms. The molecule has 0 aliphatic carbocycles. The van der Waals surface area contributed by atoms with Crippen LogP contribution in [0.15, 0.2) is 12.2 Å². The lowest BCUT2D eigenvalue weighted by Crippen LogP contribution is -2.10. The van der Waals surface area contributed by atoms with Gasteiger partial charge in [0, 0.05) is 20.6 Å². The highest BCUT2D eigenvalue weighted by Gasteiger charge is 1.99. The third kappa shape index (κ3) is 4.53. The van der Waals surface area contributed by atoms with E-state index in [-0.39, 0.29) is 6.29 Å². The van der Waals surface area contributed by atoms with Gasteiger partial charge in [-0.05, 0) is 6.42 Å². The van der Waals surface area contributed by atoms with Crippen LogP contribution in [-0.2, 0) is 9.47 Å². The van der Waals surface area contributed by atoms with E-state index >= 15 is 0 Å². The molecule has 0 unspecified atom stereocenters. The van der Waals surface area contributed by atoms with Crippen molar-refractivity contribution in [2.24, 2.45) is 0 Å². The molecule has 0 N–H and O–H groups in total. The van der Waals surface area contributed by atoms with Gasteiger partial charge >= 0.3 is 0 Å². The zero-order valence-electron chi connectivity index (χ0n) is 6.96. The summed E-state index contributed by atoms with van der Waals surface area (Å²) < 4.78 is 9.95. The first kappa shape index (κ1) is 9.66. The number of methoxy groups -OCH3 is 2. The summed E-state index contributed by atoms with van der Waals surface area (Å²) in [7, 11) is 3.29. The molecular weight excluding hydrogens is 128 g/mol. The van der Waals surface area contributed by atoms with Crippen LogP contribution in [0.3, 0.4) is 0 Å². The first-order valence-corrected chi connectivity index (χ1v) is 3.55. The molecule has 0 atom stereocenters. The van der Waals surface area contributed by atoms with Gasteiger partial charge in [-0.15, -0.1) is 0 Å². The van der Waals surface area contributed by atoms with Crippen molar-refractivity contribution < 1.29 is 9.47 Å². The lowest BCUT2D eigenvalue weighted by Gasteiger charge is -2.09. The van der Waals surface area contributed by atoms with E-state index in [9.17, 15) is 0 Å². The van der Waals surface area contributed by atoms with E-state index in [1.807, 2.05) is 0 Å². The van der Waals surface area contributed by atoms with Crippen LogP contribution >= 0.6 is 0 Å². The van der Waals surface area contributed by atoms with E-state index in [0.717, 1.165) is 12.8 Å². The summed E-state index contributed by atoms with van der Waals surface area (Å²) in [6.45, 7) is 2.10. The smallest absolute Gasteiger partial charge is 0.160 e. The van der Waals surface area contributed by atoms with Crippen molar-refractivity contribution in [1.29, 1.82) is 0 Å². The van der Waals surface area contributed by atoms with Crippen LogP contribution in [0.5, 0.6) is 0 Å². The summed E-state index contributed by atoms with van der Waals surface area (Å²) in [6, 6.07) is 0. The number of rotatable bonds is 5. The van der Waals surface area contributed by atoms with E-state index in [2.05, 4.69) is 19.1 Å². The third-order valence-corrected chi connectivity index (χ3v) is 1.26. The van der Waals surface area contributed by atoms with Crippen LogP contribution in [0.2, 0.25) is 0 Å². The highest BCUT2D eigenvalue weighted by Crippen LogP contribution is 1.98. The minimum Gasteiger partial charge on any atom is -0.356 e. The molecule has 10 heavy (non-hydrogen) atoms. The average Bonchev–Trinajstić information content (AvgIpc) is 1.99. The molecule has 0 rings (SSSR count). The summed E-state index contributed by atoms with van der Waals surface area (Å²) in [6.07, 6.45) is 5.99. The highest BCUT2D eigenvalue weighted by molar-refractivity contribution is 4.80. The maximum absolute atomic E-state index is 4.97. The second-order valence-corrected chi connectivity index (χ2v) is 2.02. The van der Waals surface area contributed by atoms with Crippen molar-refractivity contribution in [3.8, 4) is 0 Å². The number of hydrogen-bond donors (Lipinski definition) is 0. The highest BCUT2D eigenvalue weighted by atomic mass is 16.7. The van der Waals surface area contributed by atoms with Crippen LogP contribution in [0.4, 0.5) is 0 Å². The summed E-state index contributed by atoms with van der Waals surface area (Å²) in [4.78, 5) is 0. The van der Waals surface area contributed by atoms with Crippen LogP contribution in [0.1, 0.15) is 19.8 Å². The van der Waals surface area contributed by atoms with Crippen LogP contribution in [0.25, 0.3) is 0 Å². The van der Waals surface area contributed by atoms with Crippen LogP contribution < -0.4 is 0 Å². The molecule has 2 heteroatoms. The predicted octanol–water partition coefficient (Wildman–Crippen LogP) is 1.96. The first-order chi connectivity index (χ1) is 4.85. The van der Waals surface area contributed by atoms with Crippen molar-refractivity contribution in [2.75, 3.05) is 14.2 Å².